The predicted molar refractivity (Wildman–Crippen MR) is 102 cm³/mol. The molecule has 0 unspecified atom stereocenters. The van der Waals surface area contributed by atoms with Gasteiger partial charge in [0.1, 0.15) is 4.83 Å². The van der Waals surface area contributed by atoms with Gasteiger partial charge in [-0.2, -0.15) is 0 Å². The lowest BCUT2D eigenvalue weighted by Crippen LogP contribution is -2.23. The summed E-state index contributed by atoms with van der Waals surface area (Å²) in [6.45, 7) is 6.76. The van der Waals surface area contributed by atoms with E-state index in [1.54, 1.807) is 6.07 Å². The Hall–Kier alpha value is -2.47. The summed E-state index contributed by atoms with van der Waals surface area (Å²) in [4.78, 5) is 29.4. The molecule has 0 aliphatic carbocycles. The fourth-order valence-electron chi connectivity index (χ4n) is 2.55. The van der Waals surface area contributed by atoms with Gasteiger partial charge in [-0.05, 0) is 34.6 Å². The molecule has 0 saturated heterocycles. The van der Waals surface area contributed by atoms with Gasteiger partial charge in [0.2, 0.25) is 5.91 Å². The number of amides is 1. The second kappa shape index (κ2) is 6.80. The molecule has 1 amide bonds. The molecular weight excluding hydrogens is 334 g/mol. The summed E-state index contributed by atoms with van der Waals surface area (Å²) in [6.07, 6.45) is 1.73. The number of rotatable bonds is 4. The zero-order chi connectivity index (χ0) is 18.0. The molecule has 0 aliphatic heterocycles. The third-order valence-corrected chi connectivity index (χ3v) is 4.89. The number of anilines is 1. The minimum absolute atomic E-state index is 0.0804. The van der Waals surface area contributed by atoms with Crippen molar-refractivity contribution in [1.29, 1.82) is 0 Å². The standard InChI is InChI=1S/C19H21N3O2S/c1-19(2,3)13-4-6-14(7-5-13)21-16(23)8-10-22-12-20-17-15(18(22)24)9-11-25-17/h4-7,9,11-12H,8,10H2,1-3H3,(H,21,23). The first-order valence-corrected chi connectivity index (χ1v) is 9.05. The highest BCUT2D eigenvalue weighted by Gasteiger charge is 2.13. The Morgan fingerprint density at radius 3 is 2.60 bits per heavy atom. The molecule has 2 aromatic heterocycles. The number of hydrogen-bond donors (Lipinski definition) is 1. The number of hydrogen-bond acceptors (Lipinski definition) is 4. The zero-order valence-electron chi connectivity index (χ0n) is 14.6. The summed E-state index contributed by atoms with van der Waals surface area (Å²) < 4.78 is 1.48. The van der Waals surface area contributed by atoms with Crippen LogP contribution in [0.5, 0.6) is 0 Å². The largest absolute Gasteiger partial charge is 0.326 e. The van der Waals surface area contributed by atoms with Crippen molar-refractivity contribution in [3.63, 3.8) is 0 Å². The highest BCUT2D eigenvalue weighted by molar-refractivity contribution is 7.16. The normalized spacial score (nSPS) is 11.6. The lowest BCUT2D eigenvalue weighted by atomic mass is 9.87. The molecule has 0 bridgehead atoms. The smallest absolute Gasteiger partial charge is 0.262 e. The van der Waals surface area contributed by atoms with Gasteiger partial charge in [0.25, 0.3) is 5.56 Å². The molecule has 2 heterocycles. The fraction of sp³-hybridized carbons (Fsp3) is 0.316. The Morgan fingerprint density at radius 2 is 1.92 bits per heavy atom. The van der Waals surface area contributed by atoms with Crippen LogP contribution >= 0.6 is 11.3 Å². The van der Waals surface area contributed by atoms with Crippen molar-refractivity contribution >= 4 is 33.1 Å². The topological polar surface area (TPSA) is 64.0 Å². The van der Waals surface area contributed by atoms with E-state index in [4.69, 9.17) is 0 Å². The molecule has 0 fully saturated rings. The van der Waals surface area contributed by atoms with E-state index >= 15 is 0 Å². The molecule has 6 heteroatoms. The van der Waals surface area contributed by atoms with Gasteiger partial charge in [-0.1, -0.05) is 32.9 Å². The average Bonchev–Trinajstić information content (AvgIpc) is 3.03. The number of nitrogens with zero attached hydrogens (tertiary/aromatic N) is 2. The second-order valence-corrected chi connectivity index (χ2v) is 7.90. The van der Waals surface area contributed by atoms with E-state index in [1.807, 2.05) is 29.6 Å². The summed E-state index contributed by atoms with van der Waals surface area (Å²) in [5, 5.41) is 5.32. The number of thiophene rings is 1. The van der Waals surface area contributed by atoms with Crippen LogP contribution in [0.3, 0.4) is 0 Å². The first kappa shape index (κ1) is 17.4. The highest BCUT2D eigenvalue weighted by atomic mass is 32.1. The number of aromatic nitrogens is 2. The van der Waals surface area contributed by atoms with E-state index in [0.29, 0.717) is 11.9 Å². The van der Waals surface area contributed by atoms with Crippen LogP contribution in [0, 0.1) is 0 Å². The molecule has 25 heavy (non-hydrogen) atoms. The van der Waals surface area contributed by atoms with E-state index < -0.39 is 0 Å². The summed E-state index contributed by atoms with van der Waals surface area (Å²) in [5.41, 5.74) is 1.95. The third-order valence-electron chi connectivity index (χ3n) is 4.06. The van der Waals surface area contributed by atoms with Gasteiger partial charge in [0.05, 0.1) is 11.7 Å². The van der Waals surface area contributed by atoms with Gasteiger partial charge in [-0.3, -0.25) is 14.2 Å². The molecule has 0 spiro atoms. The molecule has 0 atom stereocenters. The molecule has 0 aliphatic rings. The van der Waals surface area contributed by atoms with Crippen LogP contribution in [0.2, 0.25) is 0 Å². The van der Waals surface area contributed by atoms with E-state index in [9.17, 15) is 9.59 Å². The van der Waals surface area contributed by atoms with Crippen molar-refractivity contribution in [2.75, 3.05) is 5.32 Å². The minimum atomic E-state index is -0.124. The van der Waals surface area contributed by atoms with Crippen LogP contribution in [0.4, 0.5) is 5.69 Å². The third kappa shape index (κ3) is 3.96. The molecular formula is C19H21N3O2S. The van der Waals surface area contributed by atoms with Crippen molar-refractivity contribution in [2.45, 2.75) is 39.2 Å². The molecule has 3 rings (SSSR count). The molecule has 5 nitrogen and oxygen atoms in total. The molecule has 1 aromatic carbocycles. The van der Waals surface area contributed by atoms with Gasteiger partial charge in [0.15, 0.2) is 0 Å². The van der Waals surface area contributed by atoms with E-state index in [1.165, 1.54) is 27.8 Å². The fourth-order valence-corrected chi connectivity index (χ4v) is 3.27. The quantitative estimate of drug-likeness (QED) is 0.774. The lowest BCUT2D eigenvalue weighted by Gasteiger charge is -2.19. The van der Waals surface area contributed by atoms with Gasteiger partial charge in [-0.25, -0.2) is 4.98 Å². The van der Waals surface area contributed by atoms with Crippen molar-refractivity contribution in [2.24, 2.45) is 0 Å². The van der Waals surface area contributed by atoms with Crippen molar-refractivity contribution in [3.05, 3.63) is 58.0 Å². The van der Waals surface area contributed by atoms with Crippen LogP contribution in [0.1, 0.15) is 32.8 Å². The van der Waals surface area contributed by atoms with Crippen molar-refractivity contribution < 1.29 is 4.79 Å². The molecule has 3 aromatic rings. The SMILES string of the molecule is CC(C)(C)c1ccc(NC(=O)CCn2cnc3sccc3c2=O)cc1. The van der Waals surface area contributed by atoms with Crippen LogP contribution < -0.4 is 10.9 Å². The number of fused-ring (bicyclic) bond motifs is 1. The Balaban J connectivity index is 1.62. The average molecular weight is 355 g/mol. The van der Waals surface area contributed by atoms with Crippen LogP contribution in [0.25, 0.3) is 10.2 Å². The molecule has 1 N–H and O–H groups in total. The maximum atomic E-state index is 12.3. The maximum Gasteiger partial charge on any atom is 0.262 e. The number of benzene rings is 1. The van der Waals surface area contributed by atoms with E-state index in [-0.39, 0.29) is 23.3 Å². The lowest BCUT2D eigenvalue weighted by molar-refractivity contribution is -0.116. The van der Waals surface area contributed by atoms with Crippen LogP contribution in [-0.2, 0) is 16.8 Å². The minimum Gasteiger partial charge on any atom is -0.326 e. The number of carbonyl (C=O) groups is 1. The van der Waals surface area contributed by atoms with Gasteiger partial charge in [0, 0.05) is 18.7 Å². The van der Waals surface area contributed by atoms with E-state index in [2.05, 4.69) is 31.1 Å². The van der Waals surface area contributed by atoms with Gasteiger partial charge < -0.3 is 5.32 Å². The Morgan fingerprint density at radius 1 is 1.20 bits per heavy atom. The monoisotopic (exact) mass is 355 g/mol. The summed E-state index contributed by atoms with van der Waals surface area (Å²) in [7, 11) is 0. The van der Waals surface area contributed by atoms with Gasteiger partial charge >= 0.3 is 0 Å². The highest BCUT2D eigenvalue weighted by Crippen LogP contribution is 2.23. The van der Waals surface area contributed by atoms with E-state index in [0.717, 1.165) is 10.5 Å². The summed E-state index contributed by atoms with van der Waals surface area (Å²) in [5.74, 6) is -0.124. The predicted octanol–water partition coefficient (Wildman–Crippen LogP) is 3.78. The maximum absolute atomic E-state index is 12.3. The second-order valence-electron chi connectivity index (χ2n) is 7.01. The Labute approximate surface area is 150 Å². The van der Waals surface area contributed by atoms with Crippen molar-refractivity contribution in [1.82, 2.24) is 9.55 Å². The zero-order valence-corrected chi connectivity index (χ0v) is 15.4. The van der Waals surface area contributed by atoms with Crippen molar-refractivity contribution in [3.8, 4) is 0 Å². The van der Waals surface area contributed by atoms with Crippen LogP contribution in [0.15, 0.2) is 46.8 Å². The summed E-state index contributed by atoms with van der Waals surface area (Å²) in [6, 6.07) is 9.62. The number of aryl methyl sites for hydroxylation is 1. The summed E-state index contributed by atoms with van der Waals surface area (Å²) >= 11 is 1.44. The first-order chi connectivity index (χ1) is 11.8. The van der Waals surface area contributed by atoms with Gasteiger partial charge in [-0.15, -0.1) is 11.3 Å². The molecule has 130 valence electrons. The Bertz CT molecular complexity index is 949. The number of nitrogens with one attached hydrogen (secondary N) is 1. The van der Waals surface area contributed by atoms with Crippen LogP contribution in [-0.4, -0.2) is 15.5 Å². The molecule has 0 radical (unpaired) electrons. The number of carbonyl (C=O) groups excluding carboxylic acids is 1. The molecule has 0 saturated carbocycles. The first-order valence-electron chi connectivity index (χ1n) is 8.17. The Kier molecular flexibility index (Phi) is 4.72.